The van der Waals surface area contributed by atoms with Crippen LogP contribution in [0.15, 0.2) is 18.2 Å². The van der Waals surface area contributed by atoms with Gasteiger partial charge in [0.15, 0.2) is 6.61 Å². The fourth-order valence-corrected chi connectivity index (χ4v) is 2.49. The topological polar surface area (TPSA) is 67.4 Å². The molecule has 0 saturated heterocycles. The Morgan fingerprint density at radius 3 is 2.76 bits per heavy atom. The average molecular weight is 311 g/mol. The van der Waals surface area contributed by atoms with E-state index in [1.54, 1.807) is 12.1 Å². The van der Waals surface area contributed by atoms with Gasteiger partial charge in [-0.25, -0.2) is 4.79 Å². The molecule has 0 spiro atoms. The largest absolute Gasteiger partial charge is 0.482 e. The molecule has 0 aromatic heterocycles. The van der Waals surface area contributed by atoms with Crippen LogP contribution < -0.4 is 15.4 Å². The number of hydrogen-bond acceptors (Lipinski definition) is 3. The summed E-state index contributed by atoms with van der Waals surface area (Å²) in [5.41, 5.74) is 0.980. The molecule has 1 aromatic carbocycles. The second-order valence-electron chi connectivity index (χ2n) is 5.23. The maximum Gasteiger partial charge on any atom is 0.321 e. The molecule has 1 aliphatic carbocycles. The van der Waals surface area contributed by atoms with Gasteiger partial charge in [0.2, 0.25) is 0 Å². The van der Waals surface area contributed by atoms with Crippen LogP contribution in [0, 0.1) is 6.92 Å². The first-order valence-corrected chi connectivity index (χ1v) is 7.41. The smallest absolute Gasteiger partial charge is 0.321 e. The highest BCUT2D eigenvalue weighted by Crippen LogP contribution is 2.25. The van der Waals surface area contributed by atoms with Crippen molar-refractivity contribution >= 4 is 23.5 Å². The van der Waals surface area contributed by atoms with Crippen molar-refractivity contribution in [3.63, 3.8) is 0 Å². The predicted molar refractivity (Wildman–Crippen MR) is 80.6 cm³/mol. The Labute approximate surface area is 129 Å². The highest BCUT2D eigenvalue weighted by Gasteiger charge is 2.18. The highest BCUT2D eigenvalue weighted by molar-refractivity contribution is 6.32. The number of carbonyl (C=O) groups is 2. The molecule has 114 valence electrons. The van der Waals surface area contributed by atoms with Crippen molar-refractivity contribution in [2.24, 2.45) is 0 Å². The van der Waals surface area contributed by atoms with Gasteiger partial charge in [0.05, 0.1) is 5.02 Å². The zero-order valence-electron chi connectivity index (χ0n) is 11.9. The van der Waals surface area contributed by atoms with Crippen LogP contribution in [0.3, 0.4) is 0 Å². The van der Waals surface area contributed by atoms with Gasteiger partial charge < -0.3 is 10.1 Å². The van der Waals surface area contributed by atoms with Crippen LogP contribution in [0.4, 0.5) is 4.79 Å². The van der Waals surface area contributed by atoms with E-state index in [-0.39, 0.29) is 12.6 Å². The van der Waals surface area contributed by atoms with Gasteiger partial charge in [0, 0.05) is 6.04 Å². The minimum Gasteiger partial charge on any atom is -0.482 e. The van der Waals surface area contributed by atoms with E-state index in [1.165, 1.54) is 0 Å². The Bertz CT molecular complexity index is 528. The summed E-state index contributed by atoms with van der Waals surface area (Å²) in [4.78, 5) is 23.3. The molecule has 2 N–H and O–H groups in total. The van der Waals surface area contributed by atoms with Gasteiger partial charge in [-0.1, -0.05) is 30.5 Å². The number of hydrogen-bond donors (Lipinski definition) is 2. The van der Waals surface area contributed by atoms with E-state index in [4.69, 9.17) is 16.3 Å². The Morgan fingerprint density at radius 2 is 2.05 bits per heavy atom. The van der Waals surface area contributed by atoms with E-state index >= 15 is 0 Å². The monoisotopic (exact) mass is 310 g/mol. The number of amides is 3. The third-order valence-corrected chi connectivity index (χ3v) is 3.70. The number of rotatable bonds is 4. The normalized spacial score (nSPS) is 14.8. The molecule has 0 aliphatic heterocycles. The third kappa shape index (κ3) is 4.93. The molecule has 0 unspecified atom stereocenters. The lowest BCUT2D eigenvalue weighted by Gasteiger charge is -2.13. The van der Waals surface area contributed by atoms with Crippen LogP contribution in [-0.4, -0.2) is 24.6 Å². The van der Waals surface area contributed by atoms with Gasteiger partial charge in [-0.2, -0.15) is 0 Å². The Kier molecular flexibility index (Phi) is 5.44. The van der Waals surface area contributed by atoms with E-state index in [9.17, 15) is 9.59 Å². The van der Waals surface area contributed by atoms with Crippen LogP contribution in [0.5, 0.6) is 5.75 Å². The van der Waals surface area contributed by atoms with Gasteiger partial charge >= 0.3 is 6.03 Å². The first kappa shape index (κ1) is 15.6. The van der Waals surface area contributed by atoms with Crippen molar-refractivity contribution < 1.29 is 14.3 Å². The molecule has 3 amide bonds. The molecule has 21 heavy (non-hydrogen) atoms. The Balaban J connectivity index is 1.76. The standard InChI is InChI=1S/C15H19ClN2O3/c1-10-6-7-12(16)13(8-10)21-9-14(19)18-15(20)17-11-4-2-3-5-11/h6-8,11H,2-5,9H2,1H3,(H2,17,18,19,20). The summed E-state index contributed by atoms with van der Waals surface area (Å²) in [7, 11) is 0. The zero-order valence-corrected chi connectivity index (χ0v) is 12.7. The number of urea groups is 1. The third-order valence-electron chi connectivity index (χ3n) is 3.39. The highest BCUT2D eigenvalue weighted by atomic mass is 35.5. The van der Waals surface area contributed by atoms with Crippen molar-refractivity contribution in [3.8, 4) is 5.75 Å². The van der Waals surface area contributed by atoms with Gasteiger partial charge in [0.1, 0.15) is 5.75 Å². The summed E-state index contributed by atoms with van der Waals surface area (Å²) in [6, 6.07) is 5.01. The summed E-state index contributed by atoms with van der Waals surface area (Å²) >= 11 is 5.96. The lowest BCUT2D eigenvalue weighted by atomic mass is 10.2. The lowest BCUT2D eigenvalue weighted by molar-refractivity contribution is -0.122. The fraction of sp³-hybridized carbons (Fsp3) is 0.467. The molecule has 1 saturated carbocycles. The maximum absolute atomic E-state index is 11.7. The number of nitrogens with one attached hydrogen (secondary N) is 2. The van der Waals surface area contributed by atoms with Crippen LogP contribution in [-0.2, 0) is 4.79 Å². The van der Waals surface area contributed by atoms with Crippen LogP contribution in [0.2, 0.25) is 5.02 Å². The molecule has 0 bridgehead atoms. The summed E-state index contributed by atoms with van der Waals surface area (Å²) in [5.74, 6) is -0.0638. The number of imide groups is 1. The fourth-order valence-electron chi connectivity index (χ4n) is 2.32. The summed E-state index contributed by atoms with van der Waals surface area (Å²) in [5, 5.41) is 5.46. The van der Waals surface area contributed by atoms with E-state index in [1.807, 2.05) is 13.0 Å². The molecule has 1 fully saturated rings. The van der Waals surface area contributed by atoms with Crippen LogP contribution in [0.25, 0.3) is 0 Å². The zero-order chi connectivity index (χ0) is 15.2. The minimum absolute atomic E-state index is 0.171. The molecule has 6 heteroatoms. The quantitative estimate of drug-likeness (QED) is 0.898. The molecule has 2 rings (SSSR count). The molecular formula is C15H19ClN2O3. The minimum atomic E-state index is -0.497. The van der Waals surface area contributed by atoms with Gasteiger partial charge in [-0.15, -0.1) is 0 Å². The first-order valence-electron chi connectivity index (χ1n) is 7.04. The Morgan fingerprint density at radius 1 is 1.33 bits per heavy atom. The SMILES string of the molecule is Cc1ccc(Cl)c(OCC(=O)NC(=O)NC2CCCC2)c1. The molecule has 0 atom stereocenters. The Hall–Kier alpha value is -1.75. The van der Waals surface area contributed by atoms with Crippen molar-refractivity contribution in [3.05, 3.63) is 28.8 Å². The maximum atomic E-state index is 11.7. The summed E-state index contributed by atoms with van der Waals surface area (Å²) < 4.78 is 5.33. The van der Waals surface area contributed by atoms with Crippen molar-refractivity contribution in [2.45, 2.75) is 38.6 Å². The van der Waals surface area contributed by atoms with Gasteiger partial charge in [-0.05, 0) is 37.5 Å². The molecule has 0 heterocycles. The molecule has 1 aromatic rings. The van der Waals surface area contributed by atoms with E-state index in [0.717, 1.165) is 31.2 Å². The molecule has 0 radical (unpaired) electrons. The van der Waals surface area contributed by atoms with Crippen LogP contribution in [0.1, 0.15) is 31.2 Å². The second kappa shape index (κ2) is 7.31. The van der Waals surface area contributed by atoms with Gasteiger partial charge in [-0.3, -0.25) is 10.1 Å². The number of halogens is 1. The number of ether oxygens (including phenoxy) is 1. The van der Waals surface area contributed by atoms with Crippen molar-refractivity contribution in [1.82, 2.24) is 10.6 Å². The van der Waals surface area contributed by atoms with Gasteiger partial charge in [0.25, 0.3) is 5.91 Å². The predicted octanol–water partition coefficient (Wildman–Crippen LogP) is 2.80. The number of carbonyl (C=O) groups excluding carboxylic acids is 2. The van der Waals surface area contributed by atoms with Crippen LogP contribution >= 0.6 is 11.6 Å². The number of benzene rings is 1. The van der Waals surface area contributed by atoms with E-state index < -0.39 is 11.9 Å². The van der Waals surface area contributed by atoms with E-state index in [0.29, 0.717) is 10.8 Å². The molecule has 1 aliphatic rings. The molecule has 5 nitrogen and oxygen atoms in total. The summed E-state index contributed by atoms with van der Waals surface area (Å²) in [6.45, 7) is 1.65. The average Bonchev–Trinajstić information content (AvgIpc) is 2.92. The summed E-state index contributed by atoms with van der Waals surface area (Å²) in [6.07, 6.45) is 4.18. The van der Waals surface area contributed by atoms with E-state index in [2.05, 4.69) is 10.6 Å². The molecular weight excluding hydrogens is 292 g/mol. The second-order valence-corrected chi connectivity index (χ2v) is 5.63. The first-order chi connectivity index (χ1) is 10.0. The van der Waals surface area contributed by atoms with Crippen molar-refractivity contribution in [1.29, 1.82) is 0 Å². The lowest BCUT2D eigenvalue weighted by Crippen LogP contribution is -2.45. The van der Waals surface area contributed by atoms with Crippen molar-refractivity contribution in [2.75, 3.05) is 6.61 Å². The number of aryl methyl sites for hydroxylation is 1.